The van der Waals surface area contributed by atoms with Crippen molar-refractivity contribution in [2.24, 2.45) is 0 Å². The first kappa shape index (κ1) is 10.2. The van der Waals surface area contributed by atoms with Crippen molar-refractivity contribution >= 4 is 23.1 Å². The van der Waals surface area contributed by atoms with Crippen molar-refractivity contribution in [3.63, 3.8) is 0 Å². The minimum absolute atomic E-state index is 0.183. The summed E-state index contributed by atoms with van der Waals surface area (Å²) in [5.41, 5.74) is 13.0. The van der Waals surface area contributed by atoms with Gasteiger partial charge in [-0.25, -0.2) is 4.98 Å². The summed E-state index contributed by atoms with van der Waals surface area (Å²) in [6.07, 6.45) is 1.62. The second kappa shape index (κ2) is 4.06. The summed E-state index contributed by atoms with van der Waals surface area (Å²) in [6, 6.07) is 9.84. The molecule has 4 N–H and O–H groups in total. The quantitative estimate of drug-likeness (QED) is 0.791. The van der Waals surface area contributed by atoms with Gasteiger partial charge in [-0.15, -0.1) is 0 Å². The zero-order valence-electron chi connectivity index (χ0n) is 8.96. The standard InChI is InChI=1S/C11H13N5/c1-16(8-5-3-2-4-6-8)9-7-14-11(13)15-10(9)12/h2-7H,1H3,(H4,12,13,14,15). The Morgan fingerprint density at radius 2 is 1.81 bits per heavy atom. The molecule has 2 rings (SSSR count). The number of hydrogen-bond donors (Lipinski definition) is 2. The molecule has 0 atom stereocenters. The Hall–Kier alpha value is -2.30. The van der Waals surface area contributed by atoms with Crippen LogP contribution in [0.25, 0.3) is 0 Å². The number of nitrogens with zero attached hydrogens (tertiary/aromatic N) is 3. The molecule has 0 radical (unpaired) electrons. The van der Waals surface area contributed by atoms with E-state index >= 15 is 0 Å². The van der Waals surface area contributed by atoms with E-state index in [4.69, 9.17) is 11.5 Å². The number of benzene rings is 1. The van der Waals surface area contributed by atoms with E-state index in [2.05, 4.69) is 9.97 Å². The Morgan fingerprint density at radius 3 is 2.44 bits per heavy atom. The molecular formula is C11H13N5. The maximum Gasteiger partial charge on any atom is 0.222 e. The topological polar surface area (TPSA) is 81.1 Å². The molecular weight excluding hydrogens is 202 g/mol. The Bertz CT molecular complexity index is 483. The van der Waals surface area contributed by atoms with Crippen molar-refractivity contribution in [1.82, 2.24) is 9.97 Å². The molecule has 0 spiro atoms. The van der Waals surface area contributed by atoms with Crippen LogP contribution in [0.1, 0.15) is 0 Å². The molecule has 0 aliphatic carbocycles. The van der Waals surface area contributed by atoms with Crippen LogP contribution in [-0.4, -0.2) is 17.0 Å². The number of nitrogens with two attached hydrogens (primary N) is 2. The third kappa shape index (κ3) is 1.88. The number of rotatable bonds is 2. The van der Waals surface area contributed by atoms with E-state index in [1.807, 2.05) is 42.3 Å². The second-order valence-corrected chi connectivity index (χ2v) is 3.39. The maximum atomic E-state index is 5.79. The average Bonchev–Trinajstić information content (AvgIpc) is 2.29. The van der Waals surface area contributed by atoms with Gasteiger partial charge in [0.1, 0.15) is 5.69 Å². The van der Waals surface area contributed by atoms with Crippen LogP contribution in [-0.2, 0) is 0 Å². The van der Waals surface area contributed by atoms with Gasteiger partial charge in [-0.05, 0) is 12.1 Å². The molecule has 1 heterocycles. The van der Waals surface area contributed by atoms with Gasteiger partial charge in [0.25, 0.3) is 0 Å². The lowest BCUT2D eigenvalue weighted by molar-refractivity contribution is 1.13. The number of nitrogen functional groups attached to an aromatic ring is 2. The van der Waals surface area contributed by atoms with E-state index in [0.29, 0.717) is 5.82 Å². The molecule has 0 saturated carbocycles. The SMILES string of the molecule is CN(c1ccccc1)c1cnc(N)nc1N. The van der Waals surface area contributed by atoms with Crippen LogP contribution in [0.3, 0.4) is 0 Å². The Labute approximate surface area is 93.7 Å². The highest BCUT2D eigenvalue weighted by Crippen LogP contribution is 2.26. The molecule has 82 valence electrons. The van der Waals surface area contributed by atoms with Gasteiger partial charge < -0.3 is 16.4 Å². The molecule has 0 aliphatic rings. The van der Waals surface area contributed by atoms with Crippen molar-refractivity contribution in [3.05, 3.63) is 36.5 Å². The molecule has 0 aliphatic heterocycles. The first-order valence-corrected chi connectivity index (χ1v) is 4.85. The van der Waals surface area contributed by atoms with Crippen LogP contribution in [0.5, 0.6) is 0 Å². The van der Waals surface area contributed by atoms with E-state index < -0.39 is 0 Å². The molecule has 5 heteroatoms. The molecule has 0 unspecified atom stereocenters. The van der Waals surface area contributed by atoms with Gasteiger partial charge in [0.2, 0.25) is 5.95 Å². The fourth-order valence-corrected chi connectivity index (χ4v) is 1.45. The highest BCUT2D eigenvalue weighted by atomic mass is 15.2. The lowest BCUT2D eigenvalue weighted by Gasteiger charge is -2.19. The highest BCUT2D eigenvalue weighted by molar-refractivity contribution is 5.71. The molecule has 0 fully saturated rings. The fraction of sp³-hybridized carbons (Fsp3) is 0.0909. The van der Waals surface area contributed by atoms with Crippen LogP contribution in [0.15, 0.2) is 36.5 Å². The molecule has 1 aromatic heterocycles. The average molecular weight is 215 g/mol. The first-order chi connectivity index (χ1) is 7.68. The third-order valence-corrected chi connectivity index (χ3v) is 2.32. The first-order valence-electron chi connectivity index (χ1n) is 4.85. The van der Waals surface area contributed by atoms with E-state index in [1.54, 1.807) is 6.20 Å². The molecule has 5 nitrogen and oxygen atoms in total. The van der Waals surface area contributed by atoms with Crippen LogP contribution in [0, 0.1) is 0 Å². The van der Waals surface area contributed by atoms with Gasteiger partial charge in [-0.2, -0.15) is 4.98 Å². The normalized spacial score (nSPS) is 10.1. The second-order valence-electron chi connectivity index (χ2n) is 3.39. The smallest absolute Gasteiger partial charge is 0.222 e. The van der Waals surface area contributed by atoms with Gasteiger partial charge in [0.15, 0.2) is 5.82 Å². The summed E-state index contributed by atoms with van der Waals surface area (Å²) in [4.78, 5) is 9.77. The van der Waals surface area contributed by atoms with E-state index in [-0.39, 0.29) is 5.95 Å². The van der Waals surface area contributed by atoms with Crippen molar-refractivity contribution in [3.8, 4) is 0 Å². The zero-order valence-corrected chi connectivity index (χ0v) is 8.96. The summed E-state index contributed by atoms with van der Waals surface area (Å²) < 4.78 is 0. The molecule has 0 bridgehead atoms. The van der Waals surface area contributed by atoms with Crippen LogP contribution in [0.4, 0.5) is 23.1 Å². The van der Waals surface area contributed by atoms with E-state index in [1.165, 1.54) is 0 Å². The lowest BCUT2D eigenvalue weighted by atomic mass is 10.3. The predicted molar refractivity (Wildman–Crippen MR) is 65.4 cm³/mol. The summed E-state index contributed by atoms with van der Waals surface area (Å²) in [6.45, 7) is 0. The predicted octanol–water partition coefficient (Wildman–Crippen LogP) is 1.41. The van der Waals surface area contributed by atoms with Gasteiger partial charge in [-0.3, -0.25) is 0 Å². The number of para-hydroxylation sites is 1. The molecule has 0 saturated heterocycles. The fourth-order valence-electron chi connectivity index (χ4n) is 1.45. The minimum atomic E-state index is 0.183. The van der Waals surface area contributed by atoms with Crippen LogP contribution in [0.2, 0.25) is 0 Å². The Morgan fingerprint density at radius 1 is 1.12 bits per heavy atom. The van der Waals surface area contributed by atoms with Crippen molar-refractivity contribution in [2.75, 3.05) is 23.4 Å². The largest absolute Gasteiger partial charge is 0.382 e. The van der Waals surface area contributed by atoms with E-state index in [0.717, 1.165) is 11.4 Å². The summed E-state index contributed by atoms with van der Waals surface area (Å²) in [7, 11) is 1.90. The summed E-state index contributed by atoms with van der Waals surface area (Å²) in [5, 5.41) is 0. The third-order valence-electron chi connectivity index (χ3n) is 2.32. The molecule has 1 aromatic carbocycles. The summed E-state index contributed by atoms with van der Waals surface area (Å²) >= 11 is 0. The van der Waals surface area contributed by atoms with Crippen molar-refractivity contribution < 1.29 is 0 Å². The molecule has 0 amide bonds. The van der Waals surface area contributed by atoms with Gasteiger partial charge in [0.05, 0.1) is 6.20 Å². The zero-order chi connectivity index (χ0) is 11.5. The molecule has 16 heavy (non-hydrogen) atoms. The number of aromatic nitrogens is 2. The Kier molecular flexibility index (Phi) is 2.59. The van der Waals surface area contributed by atoms with Crippen LogP contribution < -0.4 is 16.4 Å². The highest BCUT2D eigenvalue weighted by Gasteiger charge is 2.08. The van der Waals surface area contributed by atoms with Crippen molar-refractivity contribution in [1.29, 1.82) is 0 Å². The summed E-state index contributed by atoms with van der Waals surface area (Å²) in [5.74, 6) is 0.557. The monoisotopic (exact) mass is 215 g/mol. The Balaban J connectivity index is 2.38. The van der Waals surface area contributed by atoms with E-state index in [9.17, 15) is 0 Å². The van der Waals surface area contributed by atoms with Crippen molar-refractivity contribution in [2.45, 2.75) is 0 Å². The van der Waals surface area contributed by atoms with Gasteiger partial charge >= 0.3 is 0 Å². The molecule has 2 aromatic rings. The van der Waals surface area contributed by atoms with Gasteiger partial charge in [-0.1, -0.05) is 18.2 Å². The number of hydrogen-bond acceptors (Lipinski definition) is 5. The van der Waals surface area contributed by atoms with Gasteiger partial charge in [0, 0.05) is 12.7 Å². The number of anilines is 4. The lowest BCUT2D eigenvalue weighted by Crippen LogP contribution is -2.13. The minimum Gasteiger partial charge on any atom is -0.382 e. The van der Waals surface area contributed by atoms with Crippen LogP contribution >= 0.6 is 0 Å². The maximum absolute atomic E-state index is 5.79.